The fraction of sp³-hybridized carbons (Fsp3) is 0.435. The number of Topliss-reactive ketones (excluding diaryl/α,β-unsaturated/α-hetero) is 1. The van der Waals surface area contributed by atoms with Crippen molar-refractivity contribution in [1.29, 1.82) is 0 Å². The van der Waals surface area contributed by atoms with Crippen LogP contribution in [-0.2, 0) is 11.2 Å². The van der Waals surface area contributed by atoms with Gasteiger partial charge in [0.05, 0.1) is 6.04 Å². The van der Waals surface area contributed by atoms with Gasteiger partial charge in [0.25, 0.3) is 0 Å². The van der Waals surface area contributed by atoms with Crippen LogP contribution in [0.2, 0.25) is 0 Å². The molecule has 1 aliphatic rings. The van der Waals surface area contributed by atoms with Gasteiger partial charge in [-0.3, -0.25) is 14.6 Å². The summed E-state index contributed by atoms with van der Waals surface area (Å²) in [4.78, 5) is 31.4. The number of pyridine rings is 1. The maximum atomic E-state index is 12.8. The number of nitrogens with one attached hydrogen (secondary N) is 1. The van der Waals surface area contributed by atoms with Crippen LogP contribution in [0.3, 0.4) is 0 Å². The van der Waals surface area contributed by atoms with Crippen LogP contribution in [0.15, 0.2) is 48.8 Å². The van der Waals surface area contributed by atoms with Crippen molar-refractivity contribution < 1.29 is 9.59 Å². The molecule has 5 nitrogen and oxygen atoms in total. The lowest BCUT2D eigenvalue weighted by Gasteiger charge is -2.36. The fourth-order valence-corrected chi connectivity index (χ4v) is 3.68. The van der Waals surface area contributed by atoms with Gasteiger partial charge in [-0.05, 0) is 29.5 Å². The normalized spacial score (nSPS) is 17.0. The number of hydrogen-bond donors (Lipinski definition) is 1. The van der Waals surface area contributed by atoms with Gasteiger partial charge >= 0.3 is 0 Å². The van der Waals surface area contributed by atoms with Crippen LogP contribution < -0.4 is 5.32 Å². The third-order valence-corrected chi connectivity index (χ3v) is 5.12. The highest BCUT2D eigenvalue weighted by Crippen LogP contribution is 2.23. The Morgan fingerprint density at radius 1 is 1.18 bits per heavy atom. The largest absolute Gasteiger partial charge is 0.333 e. The zero-order valence-electron chi connectivity index (χ0n) is 16.7. The van der Waals surface area contributed by atoms with E-state index in [2.05, 4.69) is 24.1 Å². The Balaban J connectivity index is 1.58. The van der Waals surface area contributed by atoms with Crippen molar-refractivity contribution >= 4 is 11.7 Å². The molecule has 5 heteroatoms. The highest BCUT2D eigenvalue weighted by molar-refractivity contribution is 5.98. The standard InChI is InChI=1S/C23H29N3O2/c1-17(2)14-18-5-7-19(8-6-18)22(27)9-10-23(28)26-13-12-25-16-21(26)20-4-3-11-24-15-20/h3-8,11,15,17,21,25H,9-10,12-14,16H2,1-2H3. The van der Waals surface area contributed by atoms with Crippen LogP contribution in [-0.4, -0.2) is 41.2 Å². The maximum Gasteiger partial charge on any atom is 0.223 e. The summed E-state index contributed by atoms with van der Waals surface area (Å²) < 4.78 is 0. The Labute approximate surface area is 167 Å². The van der Waals surface area contributed by atoms with Crippen molar-refractivity contribution in [3.63, 3.8) is 0 Å². The number of benzene rings is 1. The molecule has 0 spiro atoms. The molecule has 1 aromatic heterocycles. The molecule has 148 valence electrons. The third-order valence-electron chi connectivity index (χ3n) is 5.12. The molecule has 1 amide bonds. The lowest BCUT2D eigenvalue weighted by molar-refractivity contribution is -0.134. The highest BCUT2D eigenvalue weighted by atomic mass is 16.2. The molecule has 1 unspecified atom stereocenters. The maximum absolute atomic E-state index is 12.8. The summed E-state index contributed by atoms with van der Waals surface area (Å²) in [6.07, 6.45) is 5.03. The predicted molar refractivity (Wildman–Crippen MR) is 110 cm³/mol. The molecule has 0 bridgehead atoms. The number of amides is 1. The zero-order valence-corrected chi connectivity index (χ0v) is 16.7. The molecule has 1 N–H and O–H groups in total. The quantitative estimate of drug-likeness (QED) is 0.749. The first-order valence-corrected chi connectivity index (χ1v) is 10.1. The minimum absolute atomic E-state index is 0.0255. The number of carbonyl (C=O) groups is 2. The molecule has 1 saturated heterocycles. The number of carbonyl (C=O) groups excluding carboxylic acids is 2. The molecule has 3 rings (SSSR count). The molecule has 28 heavy (non-hydrogen) atoms. The van der Waals surface area contributed by atoms with Crippen molar-refractivity contribution in [2.45, 2.75) is 39.2 Å². The Kier molecular flexibility index (Phi) is 6.93. The van der Waals surface area contributed by atoms with Gasteiger partial charge in [-0.2, -0.15) is 0 Å². The predicted octanol–water partition coefficient (Wildman–Crippen LogP) is 3.42. The van der Waals surface area contributed by atoms with E-state index < -0.39 is 0 Å². The lowest BCUT2D eigenvalue weighted by atomic mass is 9.99. The second-order valence-electron chi connectivity index (χ2n) is 7.81. The van der Waals surface area contributed by atoms with Crippen LogP contribution in [0.5, 0.6) is 0 Å². The van der Waals surface area contributed by atoms with Gasteiger partial charge in [0.15, 0.2) is 5.78 Å². The van der Waals surface area contributed by atoms with E-state index in [0.29, 0.717) is 24.6 Å². The summed E-state index contributed by atoms with van der Waals surface area (Å²) in [6, 6.07) is 11.7. The van der Waals surface area contributed by atoms with Gasteiger partial charge in [0.1, 0.15) is 0 Å². The van der Waals surface area contributed by atoms with Crippen LogP contribution in [0.1, 0.15) is 54.2 Å². The van der Waals surface area contributed by atoms with Crippen molar-refractivity contribution in [1.82, 2.24) is 15.2 Å². The Hall–Kier alpha value is -2.53. The van der Waals surface area contributed by atoms with Crippen molar-refractivity contribution in [3.8, 4) is 0 Å². The molecule has 0 saturated carbocycles. The van der Waals surface area contributed by atoms with Crippen molar-refractivity contribution in [3.05, 3.63) is 65.5 Å². The van der Waals surface area contributed by atoms with E-state index >= 15 is 0 Å². The van der Waals surface area contributed by atoms with E-state index in [-0.39, 0.29) is 30.6 Å². The molecular formula is C23H29N3O2. The summed E-state index contributed by atoms with van der Waals surface area (Å²) in [5, 5.41) is 3.34. The van der Waals surface area contributed by atoms with Crippen LogP contribution in [0.4, 0.5) is 0 Å². The summed E-state index contributed by atoms with van der Waals surface area (Å²) in [7, 11) is 0. The fourth-order valence-electron chi connectivity index (χ4n) is 3.68. The molecular weight excluding hydrogens is 350 g/mol. The number of rotatable bonds is 7. The highest BCUT2D eigenvalue weighted by Gasteiger charge is 2.28. The summed E-state index contributed by atoms with van der Waals surface area (Å²) in [5.74, 6) is 0.642. The Bertz CT molecular complexity index is 787. The van der Waals surface area contributed by atoms with Gasteiger partial charge in [0, 0.05) is 50.4 Å². The average Bonchev–Trinajstić information content (AvgIpc) is 2.72. The second-order valence-corrected chi connectivity index (χ2v) is 7.81. The topological polar surface area (TPSA) is 62.3 Å². The molecule has 1 aliphatic heterocycles. The molecule has 0 aliphatic carbocycles. The van der Waals surface area contributed by atoms with E-state index in [0.717, 1.165) is 18.5 Å². The molecule has 2 aromatic rings. The van der Waals surface area contributed by atoms with E-state index in [1.54, 1.807) is 6.20 Å². The molecule has 1 fully saturated rings. The SMILES string of the molecule is CC(C)Cc1ccc(C(=O)CCC(=O)N2CCNCC2c2cccnc2)cc1. The molecule has 1 atom stereocenters. The summed E-state index contributed by atoms with van der Waals surface area (Å²) in [6.45, 7) is 6.49. The van der Waals surface area contributed by atoms with Gasteiger partial charge in [-0.1, -0.05) is 44.2 Å². The van der Waals surface area contributed by atoms with Gasteiger partial charge in [-0.15, -0.1) is 0 Å². The van der Waals surface area contributed by atoms with E-state index in [4.69, 9.17) is 0 Å². The minimum Gasteiger partial charge on any atom is -0.333 e. The lowest BCUT2D eigenvalue weighted by Crippen LogP contribution is -2.48. The first-order chi connectivity index (χ1) is 13.5. The molecule has 2 heterocycles. The minimum atomic E-state index is -0.0274. The van der Waals surface area contributed by atoms with Gasteiger partial charge in [0.2, 0.25) is 5.91 Å². The third kappa shape index (κ3) is 5.26. The average molecular weight is 380 g/mol. The van der Waals surface area contributed by atoms with E-state index in [1.807, 2.05) is 47.5 Å². The van der Waals surface area contributed by atoms with Crippen LogP contribution in [0.25, 0.3) is 0 Å². The summed E-state index contributed by atoms with van der Waals surface area (Å²) >= 11 is 0. The van der Waals surface area contributed by atoms with Crippen molar-refractivity contribution in [2.24, 2.45) is 5.92 Å². The molecule has 0 radical (unpaired) electrons. The smallest absolute Gasteiger partial charge is 0.223 e. The monoisotopic (exact) mass is 379 g/mol. The first kappa shape index (κ1) is 20.2. The van der Waals surface area contributed by atoms with Crippen LogP contribution >= 0.6 is 0 Å². The summed E-state index contributed by atoms with van der Waals surface area (Å²) in [5.41, 5.74) is 2.95. The number of hydrogen-bond acceptors (Lipinski definition) is 4. The second kappa shape index (κ2) is 9.60. The van der Waals surface area contributed by atoms with E-state index in [9.17, 15) is 9.59 Å². The van der Waals surface area contributed by atoms with Crippen LogP contribution in [0, 0.1) is 5.92 Å². The number of aromatic nitrogens is 1. The first-order valence-electron chi connectivity index (χ1n) is 10.1. The number of piperazine rings is 1. The number of nitrogens with zero attached hydrogens (tertiary/aromatic N) is 2. The molecule has 1 aromatic carbocycles. The zero-order chi connectivity index (χ0) is 19.9. The van der Waals surface area contributed by atoms with Crippen molar-refractivity contribution in [2.75, 3.05) is 19.6 Å². The Morgan fingerprint density at radius 3 is 2.64 bits per heavy atom. The van der Waals surface area contributed by atoms with Gasteiger partial charge in [-0.25, -0.2) is 0 Å². The Morgan fingerprint density at radius 2 is 1.96 bits per heavy atom. The number of ketones is 1. The van der Waals surface area contributed by atoms with E-state index in [1.165, 1.54) is 5.56 Å². The van der Waals surface area contributed by atoms with Gasteiger partial charge < -0.3 is 10.2 Å².